The van der Waals surface area contributed by atoms with Crippen LogP contribution in [0.1, 0.15) is 53.9 Å². The Bertz CT molecular complexity index is 352. The number of nitrogens with zero attached hydrogens (tertiary/aromatic N) is 1. The number of hydrogen-bond donors (Lipinski definition) is 0. The lowest BCUT2D eigenvalue weighted by Crippen LogP contribution is -2.40. The highest BCUT2D eigenvalue weighted by molar-refractivity contribution is 5.70. The van der Waals surface area contributed by atoms with E-state index >= 15 is 0 Å². The van der Waals surface area contributed by atoms with E-state index in [0.717, 1.165) is 12.8 Å². The summed E-state index contributed by atoms with van der Waals surface area (Å²) in [6.07, 6.45) is 1.86. The number of carbonyl (C=O) groups is 2. The fraction of sp³-hybridized carbons (Fsp3) is 0.875. The fourth-order valence-corrected chi connectivity index (χ4v) is 2.27. The van der Waals surface area contributed by atoms with Crippen LogP contribution < -0.4 is 0 Å². The van der Waals surface area contributed by atoms with Crippen LogP contribution in [0.15, 0.2) is 0 Å². The highest BCUT2D eigenvalue weighted by Crippen LogP contribution is 2.22. The van der Waals surface area contributed by atoms with Gasteiger partial charge < -0.3 is 14.4 Å². The maximum absolute atomic E-state index is 11.8. The molecule has 5 nitrogen and oxygen atoms in total. The van der Waals surface area contributed by atoms with E-state index in [2.05, 4.69) is 0 Å². The Kier molecular flexibility index (Phi) is 6.49. The van der Waals surface area contributed by atoms with Crippen molar-refractivity contribution >= 4 is 12.1 Å². The predicted octanol–water partition coefficient (Wildman–Crippen LogP) is 3.22. The summed E-state index contributed by atoms with van der Waals surface area (Å²) in [5, 5.41) is 0. The highest BCUT2D eigenvalue weighted by Gasteiger charge is 2.27. The average Bonchev–Trinajstić information content (AvgIpc) is 2.34. The fourth-order valence-electron chi connectivity index (χ4n) is 2.27. The van der Waals surface area contributed by atoms with E-state index in [9.17, 15) is 9.59 Å². The summed E-state index contributed by atoms with van der Waals surface area (Å²) in [7, 11) is 0. The van der Waals surface area contributed by atoms with Crippen LogP contribution in [0.25, 0.3) is 0 Å². The van der Waals surface area contributed by atoms with E-state index in [-0.39, 0.29) is 12.1 Å². The van der Waals surface area contributed by atoms with Crippen molar-refractivity contribution in [3.63, 3.8) is 0 Å². The Morgan fingerprint density at radius 3 is 2.24 bits per heavy atom. The zero-order valence-electron chi connectivity index (χ0n) is 14.0. The summed E-state index contributed by atoms with van der Waals surface area (Å²) in [4.78, 5) is 25.4. The van der Waals surface area contributed by atoms with Gasteiger partial charge in [-0.1, -0.05) is 13.8 Å². The smallest absolute Gasteiger partial charge is 0.409 e. The van der Waals surface area contributed by atoms with E-state index in [4.69, 9.17) is 9.47 Å². The number of likely N-dealkylation sites (tertiary alicyclic amines) is 1. The second-order valence-electron chi connectivity index (χ2n) is 7.19. The third-order valence-electron chi connectivity index (χ3n) is 3.29. The Labute approximate surface area is 128 Å². The zero-order valence-corrected chi connectivity index (χ0v) is 14.0. The van der Waals surface area contributed by atoms with Crippen molar-refractivity contribution < 1.29 is 19.1 Å². The van der Waals surface area contributed by atoms with Crippen molar-refractivity contribution in [2.24, 2.45) is 11.8 Å². The van der Waals surface area contributed by atoms with Crippen LogP contribution in [-0.4, -0.2) is 42.3 Å². The maximum atomic E-state index is 11.8. The normalized spacial score (nSPS) is 17.0. The maximum Gasteiger partial charge on any atom is 0.409 e. The van der Waals surface area contributed by atoms with Crippen molar-refractivity contribution in [1.82, 2.24) is 4.90 Å². The SMILES string of the molecule is CC(C)COC(=O)N1CCC(CC(=O)OC(C)(C)C)CC1. The molecule has 0 saturated carbocycles. The molecule has 0 bridgehead atoms. The van der Waals surface area contributed by atoms with Gasteiger partial charge in [0.1, 0.15) is 5.60 Å². The molecule has 0 atom stereocenters. The van der Waals surface area contributed by atoms with Gasteiger partial charge in [0, 0.05) is 19.5 Å². The highest BCUT2D eigenvalue weighted by atomic mass is 16.6. The summed E-state index contributed by atoms with van der Waals surface area (Å²) in [5.41, 5.74) is -0.432. The molecule has 0 aromatic carbocycles. The van der Waals surface area contributed by atoms with Crippen LogP contribution in [-0.2, 0) is 14.3 Å². The number of ether oxygens (including phenoxy) is 2. The molecule has 1 saturated heterocycles. The molecule has 0 radical (unpaired) electrons. The second-order valence-corrected chi connectivity index (χ2v) is 7.19. The first-order valence-electron chi connectivity index (χ1n) is 7.81. The largest absolute Gasteiger partial charge is 0.460 e. The number of carbonyl (C=O) groups excluding carboxylic acids is 2. The zero-order chi connectivity index (χ0) is 16.0. The minimum atomic E-state index is -0.432. The van der Waals surface area contributed by atoms with E-state index in [1.165, 1.54) is 0 Å². The van der Waals surface area contributed by atoms with Crippen molar-refractivity contribution in [2.45, 2.75) is 59.5 Å². The van der Waals surface area contributed by atoms with Crippen molar-refractivity contribution in [1.29, 1.82) is 0 Å². The van der Waals surface area contributed by atoms with Gasteiger partial charge in [-0.15, -0.1) is 0 Å². The van der Waals surface area contributed by atoms with Gasteiger partial charge in [0.15, 0.2) is 0 Å². The van der Waals surface area contributed by atoms with Gasteiger partial charge in [0.25, 0.3) is 0 Å². The van der Waals surface area contributed by atoms with Crippen LogP contribution in [0.4, 0.5) is 4.79 Å². The molecule has 0 unspecified atom stereocenters. The topological polar surface area (TPSA) is 55.8 Å². The van der Waals surface area contributed by atoms with E-state index in [1.807, 2.05) is 34.6 Å². The summed E-state index contributed by atoms with van der Waals surface area (Å²) in [6, 6.07) is 0. The standard InChI is InChI=1S/C16H29NO4/c1-12(2)11-20-15(19)17-8-6-13(7-9-17)10-14(18)21-16(3,4)5/h12-13H,6-11H2,1-5H3. The van der Waals surface area contributed by atoms with Gasteiger partial charge in [-0.05, 0) is 45.4 Å². The van der Waals surface area contributed by atoms with Gasteiger partial charge in [0.2, 0.25) is 0 Å². The molecule has 1 amide bonds. The second kappa shape index (κ2) is 7.66. The third-order valence-corrected chi connectivity index (χ3v) is 3.29. The van der Waals surface area contributed by atoms with Crippen LogP contribution in [0.2, 0.25) is 0 Å². The first-order chi connectivity index (χ1) is 9.67. The molecule has 1 heterocycles. The first-order valence-corrected chi connectivity index (χ1v) is 7.81. The number of piperidine rings is 1. The molecular formula is C16H29NO4. The summed E-state index contributed by atoms with van der Waals surface area (Å²) >= 11 is 0. The predicted molar refractivity (Wildman–Crippen MR) is 80.9 cm³/mol. The van der Waals surface area contributed by atoms with Gasteiger partial charge in [0.05, 0.1) is 6.61 Å². The number of esters is 1. The molecule has 1 rings (SSSR count). The number of rotatable bonds is 4. The lowest BCUT2D eigenvalue weighted by Gasteiger charge is -2.31. The lowest BCUT2D eigenvalue weighted by molar-refractivity contribution is -0.156. The minimum Gasteiger partial charge on any atom is -0.460 e. The summed E-state index contributed by atoms with van der Waals surface area (Å²) in [5.74, 6) is 0.496. The van der Waals surface area contributed by atoms with E-state index in [1.54, 1.807) is 4.90 Å². The van der Waals surface area contributed by atoms with Crippen LogP contribution in [0.3, 0.4) is 0 Å². The molecule has 5 heteroatoms. The molecule has 122 valence electrons. The van der Waals surface area contributed by atoms with Crippen molar-refractivity contribution in [3.8, 4) is 0 Å². The lowest BCUT2D eigenvalue weighted by atomic mass is 9.94. The first kappa shape index (κ1) is 17.8. The van der Waals surface area contributed by atoms with Gasteiger partial charge in [-0.25, -0.2) is 4.79 Å². The summed E-state index contributed by atoms with van der Waals surface area (Å²) < 4.78 is 10.6. The Morgan fingerprint density at radius 1 is 1.19 bits per heavy atom. The number of amides is 1. The van der Waals surface area contributed by atoms with E-state index in [0.29, 0.717) is 38.0 Å². The van der Waals surface area contributed by atoms with Gasteiger partial charge in [-0.3, -0.25) is 4.79 Å². The Morgan fingerprint density at radius 2 is 1.76 bits per heavy atom. The van der Waals surface area contributed by atoms with Crippen LogP contribution in [0.5, 0.6) is 0 Å². The molecule has 0 aliphatic carbocycles. The molecule has 0 aromatic rings. The van der Waals surface area contributed by atoms with Gasteiger partial charge in [-0.2, -0.15) is 0 Å². The molecule has 1 aliphatic heterocycles. The molecule has 21 heavy (non-hydrogen) atoms. The monoisotopic (exact) mass is 299 g/mol. The number of hydrogen-bond acceptors (Lipinski definition) is 4. The molecule has 0 spiro atoms. The Balaban J connectivity index is 2.29. The molecule has 1 fully saturated rings. The van der Waals surface area contributed by atoms with Crippen molar-refractivity contribution in [2.75, 3.05) is 19.7 Å². The van der Waals surface area contributed by atoms with Crippen molar-refractivity contribution in [3.05, 3.63) is 0 Å². The van der Waals surface area contributed by atoms with Crippen LogP contribution >= 0.6 is 0 Å². The third kappa shape index (κ3) is 7.34. The summed E-state index contributed by atoms with van der Waals surface area (Å²) in [6.45, 7) is 11.4. The van der Waals surface area contributed by atoms with Crippen LogP contribution in [0, 0.1) is 11.8 Å². The molecule has 0 N–H and O–H groups in total. The average molecular weight is 299 g/mol. The Hall–Kier alpha value is -1.26. The van der Waals surface area contributed by atoms with Gasteiger partial charge >= 0.3 is 12.1 Å². The molecule has 1 aliphatic rings. The van der Waals surface area contributed by atoms with E-state index < -0.39 is 5.60 Å². The molecule has 0 aromatic heterocycles. The quantitative estimate of drug-likeness (QED) is 0.748. The molecular weight excluding hydrogens is 270 g/mol. The minimum absolute atomic E-state index is 0.150.